The quantitative estimate of drug-likeness (QED) is 0.640. The van der Waals surface area contributed by atoms with Gasteiger partial charge in [0.25, 0.3) is 0 Å². The number of pyridine rings is 1. The molecular formula is C21H18FNO4. The smallest absolute Gasteiger partial charge is 0.306 e. The number of benzene rings is 2. The van der Waals surface area contributed by atoms with E-state index in [-0.39, 0.29) is 32.4 Å². The van der Waals surface area contributed by atoms with Crippen LogP contribution in [-0.4, -0.2) is 17.7 Å². The van der Waals surface area contributed by atoms with Crippen LogP contribution in [0, 0.1) is 5.82 Å². The molecular weight excluding hydrogens is 349 g/mol. The standard InChI is InChI=1S/C21H18FNO4/c22-17-9-15-11-25-13-27-21(15)16(10-17)12-26-20(24)8-7-18-6-5-14-3-1-2-4-19(14)23-18/h1-6,9-10H,7-8,11-13H2. The molecule has 0 spiro atoms. The maximum Gasteiger partial charge on any atom is 0.306 e. The van der Waals surface area contributed by atoms with E-state index in [1.54, 1.807) is 0 Å². The molecule has 0 saturated heterocycles. The third kappa shape index (κ3) is 4.06. The highest BCUT2D eigenvalue weighted by Crippen LogP contribution is 2.30. The van der Waals surface area contributed by atoms with Gasteiger partial charge in [-0.15, -0.1) is 0 Å². The molecule has 4 rings (SSSR count). The van der Waals surface area contributed by atoms with Crippen LogP contribution < -0.4 is 4.74 Å². The fourth-order valence-electron chi connectivity index (χ4n) is 3.07. The second-order valence-corrected chi connectivity index (χ2v) is 6.32. The fraction of sp³-hybridized carbons (Fsp3) is 0.238. The van der Waals surface area contributed by atoms with E-state index in [0.29, 0.717) is 23.3 Å². The molecule has 0 atom stereocenters. The van der Waals surface area contributed by atoms with Gasteiger partial charge in [-0.3, -0.25) is 9.78 Å². The van der Waals surface area contributed by atoms with Crippen molar-refractivity contribution in [2.24, 2.45) is 0 Å². The van der Waals surface area contributed by atoms with Gasteiger partial charge in [-0.1, -0.05) is 24.3 Å². The first kappa shape index (κ1) is 17.4. The highest BCUT2D eigenvalue weighted by molar-refractivity contribution is 5.78. The number of rotatable bonds is 5. The predicted molar refractivity (Wildman–Crippen MR) is 96.5 cm³/mol. The molecule has 5 nitrogen and oxygen atoms in total. The van der Waals surface area contributed by atoms with Crippen molar-refractivity contribution in [3.63, 3.8) is 0 Å². The first-order valence-electron chi connectivity index (χ1n) is 8.71. The van der Waals surface area contributed by atoms with Gasteiger partial charge in [0, 0.05) is 28.6 Å². The Balaban J connectivity index is 1.36. The molecule has 0 aliphatic carbocycles. The van der Waals surface area contributed by atoms with E-state index in [2.05, 4.69) is 4.98 Å². The van der Waals surface area contributed by atoms with Crippen molar-refractivity contribution in [2.75, 3.05) is 6.79 Å². The summed E-state index contributed by atoms with van der Waals surface area (Å²) in [5.41, 5.74) is 2.85. The van der Waals surface area contributed by atoms with Crippen LogP contribution in [0.25, 0.3) is 10.9 Å². The Morgan fingerprint density at radius 1 is 1.19 bits per heavy atom. The van der Waals surface area contributed by atoms with E-state index in [1.807, 2.05) is 36.4 Å². The van der Waals surface area contributed by atoms with E-state index in [0.717, 1.165) is 16.6 Å². The summed E-state index contributed by atoms with van der Waals surface area (Å²) < 4.78 is 29.6. The van der Waals surface area contributed by atoms with E-state index >= 15 is 0 Å². The molecule has 2 aromatic carbocycles. The zero-order chi connectivity index (χ0) is 18.6. The summed E-state index contributed by atoms with van der Waals surface area (Å²) in [6.07, 6.45) is 0.683. The van der Waals surface area contributed by atoms with Crippen molar-refractivity contribution in [3.8, 4) is 5.75 Å². The Morgan fingerprint density at radius 2 is 2.07 bits per heavy atom. The number of ether oxygens (including phenoxy) is 3. The number of aromatic nitrogens is 1. The van der Waals surface area contributed by atoms with Crippen molar-refractivity contribution in [1.82, 2.24) is 4.98 Å². The molecule has 0 amide bonds. The summed E-state index contributed by atoms with van der Waals surface area (Å²) in [6, 6.07) is 14.4. The van der Waals surface area contributed by atoms with Crippen LogP contribution in [0.5, 0.6) is 5.75 Å². The Morgan fingerprint density at radius 3 is 3.00 bits per heavy atom. The number of aryl methyl sites for hydroxylation is 1. The molecule has 27 heavy (non-hydrogen) atoms. The third-order valence-corrected chi connectivity index (χ3v) is 4.38. The van der Waals surface area contributed by atoms with Gasteiger partial charge in [0.05, 0.1) is 18.5 Å². The molecule has 0 bridgehead atoms. The molecule has 0 saturated carbocycles. The highest BCUT2D eigenvalue weighted by Gasteiger charge is 2.18. The highest BCUT2D eigenvalue weighted by atomic mass is 19.1. The molecule has 1 aliphatic rings. The van der Waals surface area contributed by atoms with Crippen LogP contribution in [0.15, 0.2) is 48.5 Å². The summed E-state index contributed by atoms with van der Waals surface area (Å²) in [6.45, 7) is 0.346. The lowest BCUT2D eigenvalue weighted by Gasteiger charge is -2.20. The van der Waals surface area contributed by atoms with Crippen LogP contribution in [0.4, 0.5) is 4.39 Å². The molecule has 6 heteroatoms. The zero-order valence-electron chi connectivity index (χ0n) is 14.6. The largest absolute Gasteiger partial charge is 0.467 e. The van der Waals surface area contributed by atoms with Crippen molar-refractivity contribution in [3.05, 3.63) is 71.2 Å². The minimum Gasteiger partial charge on any atom is -0.467 e. The summed E-state index contributed by atoms with van der Waals surface area (Å²) in [5, 5.41) is 1.06. The summed E-state index contributed by atoms with van der Waals surface area (Å²) >= 11 is 0. The van der Waals surface area contributed by atoms with Crippen LogP contribution >= 0.6 is 0 Å². The third-order valence-electron chi connectivity index (χ3n) is 4.38. The molecule has 138 valence electrons. The van der Waals surface area contributed by atoms with Gasteiger partial charge in [0.1, 0.15) is 18.2 Å². The Bertz CT molecular complexity index is 989. The normalized spacial score (nSPS) is 13.1. The average molecular weight is 367 g/mol. The fourth-order valence-corrected chi connectivity index (χ4v) is 3.07. The van der Waals surface area contributed by atoms with E-state index in [9.17, 15) is 9.18 Å². The topological polar surface area (TPSA) is 57.7 Å². The summed E-state index contributed by atoms with van der Waals surface area (Å²) in [7, 11) is 0. The minimum atomic E-state index is -0.408. The first-order valence-corrected chi connectivity index (χ1v) is 8.71. The number of carbonyl (C=O) groups is 1. The number of carbonyl (C=O) groups excluding carboxylic acids is 1. The molecule has 1 aromatic heterocycles. The molecule has 3 aromatic rings. The number of halogens is 1. The van der Waals surface area contributed by atoms with E-state index in [4.69, 9.17) is 14.2 Å². The van der Waals surface area contributed by atoms with Crippen molar-refractivity contribution >= 4 is 16.9 Å². The second kappa shape index (κ2) is 7.72. The van der Waals surface area contributed by atoms with Gasteiger partial charge in [-0.25, -0.2) is 4.39 Å². The minimum absolute atomic E-state index is 0.0376. The molecule has 0 unspecified atom stereocenters. The lowest BCUT2D eigenvalue weighted by molar-refractivity contribution is -0.145. The van der Waals surface area contributed by atoms with Gasteiger partial charge < -0.3 is 14.2 Å². The van der Waals surface area contributed by atoms with Crippen molar-refractivity contribution < 1.29 is 23.4 Å². The van der Waals surface area contributed by atoms with Crippen LogP contribution in [0.3, 0.4) is 0 Å². The van der Waals surface area contributed by atoms with Gasteiger partial charge in [0.2, 0.25) is 0 Å². The molecule has 0 radical (unpaired) electrons. The van der Waals surface area contributed by atoms with Crippen LogP contribution in [-0.2, 0) is 33.9 Å². The first-order chi connectivity index (χ1) is 13.2. The van der Waals surface area contributed by atoms with Crippen LogP contribution in [0.1, 0.15) is 23.2 Å². The molecule has 0 fully saturated rings. The Kier molecular flexibility index (Phi) is 4.98. The molecule has 0 N–H and O–H groups in total. The predicted octanol–water partition coefficient (Wildman–Crippen LogP) is 3.92. The SMILES string of the molecule is O=C(CCc1ccc2ccccc2n1)OCc1cc(F)cc2c1OCOC2. The average Bonchev–Trinajstić information content (AvgIpc) is 2.70. The Labute approximate surface area is 155 Å². The zero-order valence-corrected chi connectivity index (χ0v) is 14.6. The van der Waals surface area contributed by atoms with Gasteiger partial charge in [0.15, 0.2) is 6.79 Å². The van der Waals surface area contributed by atoms with Gasteiger partial charge in [-0.05, 0) is 24.3 Å². The van der Waals surface area contributed by atoms with E-state index in [1.165, 1.54) is 12.1 Å². The number of hydrogen-bond donors (Lipinski definition) is 0. The van der Waals surface area contributed by atoms with E-state index < -0.39 is 5.82 Å². The lowest BCUT2D eigenvalue weighted by atomic mass is 10.1. The maximum absolute atomic E-state index is 13.7. The number of fused-ring (bicyclic) bond motifs is 2. The Hall–Kier alpha value is -2.99. The number of para-hydroxylation sites is 1. The number of nitrogens with zero attached hydrogens (tertiary/aromatic N) is 1. The second-order valence-electron chi connectivity index (χ2n) is 6.32. The van der Waals surface area contributed by atoms with Gasteiger partial charge in [-0.2, -0.15) is 0 Å². The summed E-state index contributed by atoms with van der Waals surface area (Å²) in [4.78, 5) is 16.6. The molecule has 1 aliphatic heterocycles. The van der Waals surface area contributed by atoms with Crippen LogP contribution in [0.2, 0.25) is 0 Å². The lowest BCUT2D eigenvalue weighted by Crippen LogP contribution is -2.15. The number of hydrogen-bond acceptors (Lipinski definition) is 5. The van der Waals surface area contributed by atoms with Crippen molar-refractivity contribution in [2.45, 2.75) is 26.1 Å². The van der Waals surface area contributed by atoms with Crippen molar-refractivity contribution in [1.29, 1.82) is 0 Å². The number of esters is 1. The van der Waals surface area contributed by atoms with Gasteiger partial charge >= 0.3 is 5.97 Å². The maximum atomic E-state index is 13.7. The summed E-state index contributed by atoms with van der Waals surface area (Å²) in [5.74, 6) is -0.240. The molecule has 2 heterocycles. The monoisotopic (exact) mass is 367 g/mol.